The Hall–Kier alpha value is -1.61. The van der Waals surface area contributed by atoms with E-state index in [0.717, 1.165) is 29.8 Å². The monoisotopic (exact) mass is 255 g/mol. The summed E-state index contributed by atoms with van der Waals surface area (Å²) >= 11 is 0. The summed E-state index contributed by atoms with van der Waals surface area (Å²) in [5.74, 6) is 1.10. The molecule has 2 aliphatic rings. The van der Waals surface area contributed by atoms with Gasteiger partial charge in [-0.15, -0.1) is 0 Å². The molecule has 1 aliphatic heterocycles. The minimum absolute atomic E-state index is 0.963. The summed E-state index contributed by atoms with van der Waals surface area (Å²) in [4.78, 5) is 0. The van der Waals surface area contributed by atoms with Gasteiger partial charge in [0, 0.05) is 12.2 Å². The van der Waals surface area contributed by atoms with E-state index >= 15 is 0 Å². The lowest BCUT2D eigenvalue weighted by Crippen LogP contribution is -2.10. The Bertz CT molecular complexity index is 510. The highest BCUT2D eigenvalue weighted by Crippen LogP contribution is 2.37. The molecule has 2 heterocycles. The Morgan fingerprint density at radius 1 is 1.26 bits per heavy atom. The van der Waals surface area contributed by atoms with Gasteiger partial charge < -0.3 is 5.32 Å². The Morgan fingerprint density at radius 2 is 2.11 bits per heavy atom. The maximum Gasteiger partial charge on any atom is 0.0645 e. The van der Waals surface area contributed by atoms with E-state index in [1.165, 1.54) is 19.4 Å². The van der Waals surface area contributed by atoms with Crippen LogP contribution in [0.2, 0.25) is 0 Å². The van der Waals surface area contributed by atoms with Gasteiger partial charge in [-0.25, -0.2) is 4.68 Å². The maximum absolute atomic E-state index is 4.42. The molecule has 4 rings (SSSR count). The number of fused-ring (bicyclic) bond motifs is 1. The van der Waals surface area contributed by atoms with Gasteiger partial charge in [0.1, 0.15) is 0 Å². The van der Waals surface area contributed by atoms with Gasteiger partial charge in [0.05, 0.1) is 11.4 Å². The first kappa shape index (κ1) is 12.4. The van der Waals surface area contributed by atoms with E-state index in [0.29, 0.717) is 0 Å². The zero-order chi connectivity index (χ0) is 13.1. The second-order valence-corrected chi connectivity index (χ2v) is 5.29. The molecular formula is C16H21N3. The number of nitrogens with one attached hydrogen (secondary N) is 1. The van der Waals surface area contributed by atoms with Crippen LogP contribution in [0.4, 0.5) is 0 Å². The van der Waals surface area contributed by atoms with Crippen molar-refractivity contribution in [3.63, 3.8) is 0 Å². The minimum atomic E-state index is 0.963. The molecular weight excluding hydrogens is 234 g/mol. The molecule has 1 N–H and O–H groups in total. The summed E-state index contributed by atoms with van der Waals surface area (Å²) in [6.07, 6.45) is 5.90. The molecule has 0 spiro atoms. The summed E-state index contributed by atoms with van der Waals surface area (Å²) in [5.41, 5.74) is 2.24. The lowest BCUT2D eigenvalue weighted by atomic mass is 10.3. The fourth-order valence-corrected chi connectivity index (χ4v) is 2.55. The lowest BCUT2D eigenvalue weighted by Gasteiger charge is -1.98. The molecule has 0 radical (unpaired) electrons. The molecule has 3 nitrogen and oxygen atoms in total. The molecule has 19 heavy (non-hydrogen) atoms. The predicted octanol–water partition coefficient (Wildman–Crippen LogP) is 2.80. The van der Waals surface area contributed by atoms with Crippen molar-refractivity contribution < 1.29 is 0 Å². The average Bonchev–Trinajstić information content (AvgIpc) is 2.92. The summed E-state index contributed by atoms with van der Waals surface area (Å²) in [7, 11) is 0. The van der Waals surface area contributed by atoms with Crippen LogP contribution in [0.3, 0.4) is 0 Å². The van der Waals surface area contributed by atoms with E-state index in [-0.39, 0.29) is 0 Å². The normalized spacial score (nSPS) is 23.4. The van der Waals surface area contributed by atoms with Crippen LogP contribution >= 0.6 is 0 Å². The number of benzene rings is 1. The van der Waals surface area contributed by atoms with Gasteiger partial charge >= 0.3 is 0 Å². The molecule has 1 aliphatic carbocycles. The van der Waals surface area contributed by atoms with Crippen molar-refractivity contribution in [3.8, 4) is 5.69 Å². The van der Waals surface area contributed by atoms with Crippen molar-refractivity contribution in [2.75, 3.05) is 6.54 Å². The number of hydrogen-bond acceptors (Lipinski definition) is 2. The number of aromatic nitrogens is 2. The van der Waals surface area contributed by atoms with Crippen LogP contribution in [0.15, 0.2) is 42.6 Å². The van der Waals surface area contributed by atoms with Crippen LogP contribution in [0, 0.1) is 5.92 Å². The van der Waals surface area contributed by atoms with E-state index in [2.05, 4.69) is 17.3 Å². The van der Waals surface area contributed by atoms with Gasteiger partial charge in [-0.2, -0.15) is 5.10 Å². The first-order valence-corrected chi connectivity index (χ1v) is 7.20. The van der Waals surface area contributed by atoms with Crippen LogP contribution in [0.1, 0.15) is 25.5 Å². The summed E-state index contributed by atoms with van der Waals surface area (Å²) in [6.45, 7) is 3.40. The first-order valence-electron chi connectivity index (χ1n) is 7.20. The molecule has 1 saturated carbocycles. The molecule has 100 valence electrons. The van der Waals surface area contributed by atoms with Crippen LogP contribution in [0.25, 0.3) is 5.69 Å². The Labute approximate surface area is 114 Å². The molecule has 0 amide bonds. The van der Waals surface area contributed by atoms with E-state index in [1.54, 1.807) is 0 Å². The molecule has 2 fully saturated rings. The number of piperidine rings is 1. The second kappa shape index (κ2) is 5.57. The number of hydrogen-bond donors (Lipinski definition) is 1. The van der Waals surface area contributed by atoms with Crippen LogP contribution in [0.5, 0.6) is 0 Å². The van der Waals surface area contributed by atoms with E-state index < -0.39 is 0 Å². The topological polar surface area (TPSA) is 29.9 Å². The van der Waals surface area contributed by atoms with Gasteiger partial charge in [0.25, 0.3) is 0 Å². The van der Waals surface area contributed by atoms with Gasteiger partial charge in [-0.05, 0) is 49.9 Å². The smallest absolute Gasteiger partial charge is 0.0645 e. The Morgan fingerprint density at radius 3 is 2.58 bits per heavy atom. The van der Waals surface area contributed by atoms with Crippen LogP contribution in [-0.4, -0.2) is 22.4 Å². The fourth-order valence-electron chi connectivity index (χ4n) is 2.55. The van der Waals surface area contributed by atoms with Gasteiger partial charge in [0.15, 0.2) is 0 Å². The average molecular weight is 255 g/mol. The minimum Gasteiger partial charge on any atom is -0.314 e. The second-order valence-electron chi connectivity index (χ2n) is 5.29. The molecule has 3 heteroatoms. The summed E-state index contributed by atoms with van der Waals surface area (Å²) in [5, 5.41) is 7.81. The zero-order valence-electron chi connectivity index (χ0n) is 11.4. The highest BCUT2D eigenvalue weighted by atomic mass is 15.3. The lowest BCUT2D eigenvalue weighted by molar-refractivity contribution is 0.741. The highest BCUT2D eigenvalue weighted by molar-refractivity contribution is 5.30. The van der Waals surface area contributed by atoms with E-state index in [1.807, 2.05) is 47.3 Å². The predicted molar refractivity (Wildman–Crippen MR) is 77.5 cm³/mol. The van der Waals surface area contributed by atoms with E-state index in [4.69, 9.17) is 0 Å². The fraction of sp³-hybridized carbons (Fsp3) is 0.438. The molecule has 1 aromatic heterocycles. The standard InChI is InChI=1S/C11H12N2.C5H9N/c1-2-10-8-9-13(12-10)11-6-4-3-5-7-11;1-2-6-5-3-4(1)5/h3-9H,2H2,1H3;4-6H,1-3H2. The van der Waals surface area contributed by atoms with Crippen molar-refractivity contribution in [1.82, 2.24) is 15.1 Å². The summed E-state index contributed by atoms with van der Waals surface area (Å²) < 4.78 is 1.90. The Kier molecular flexibility index (Phi) is 3.65. The number of rotatable bonds is 2. The quantitative estimate of drug-likeness (QED) is 0.894. The SMILES string of the molecule is C1CC2CC2N1.CCc1ccn(-c2ccccc2)n1. The van der Waals surface area contributed by atoms with Crippen molar-refractivity contribution in [3.05, 3.63) is 48.3 Å². The van der Waals surface area contributed by atoms with Gasteiger partial charge in [0.2, 0.25) is 0 Å². The third-order valence-corrected chi connectivity index (χ3v) is 3.87. The van der Waals surface area contributed by atoms with Crippen molar-refractivity contribution in [2.45, 2.75) is 32.2 Å². The first-order chi connectivity index (χ1) is 9.36. The number of aryl methyl sites for hydroxylation is 1. The van der Waals surface area contributed by atoms with Crippen molar-refractivity contribution in [2.24, 2.45) is 5.92 Å². The molecule has 2 atom stereocenters. The van der Waals surface area contributed by atoms with Crippen LogP contribution < -0.4 is 5.32 Å². The van der Waals surface area contributed by atoms with Gasteiger partial charge in [-0.3, -0.25) is 0 Å². The van der Waals surface area contributed by atoms with E-state index in [9.17, 15) is 0 Å². The molecule has 1 aromatic carbocycles. The third-order valence-electron chi connectivity index (χ3n) is 3.87. The van der Waals surface area contributed by atoms with Crippen molar-refractivity contribution in [1.29, 1.82) is 0 Å². The molecule has 2 unspecified atom stereocenters. The number of nitrogens with zero attached hydrogens (tertiary/aromatic N) is 2. The molecule has 0 bridgehead atoms. The third kappa shape index (κ3) is 3.04. The molecule has 2 aromatic rings. The Balaban J connectivity index is 0.000000151. The number of para-hydroxylation sites is 1. The highest BCUT2D eigenvalue weighted by Gasteiger charge is 2.40. The van der Waals surface area contributed by atoms with Crippen molar-refractivity contribution >= 4 is 0 Å². The zero-order valence-corrected chi connectivity index (χ0v) is 11.4. The largest absolute Gasteiger partial charge is 0.314 e. The van der Waals surface area contributed by atoms with Gasteiger partial charge in [-0.1, -0.05) is 25.1 Å². The van der Waals surface area contributed by atoms with Crippen LogP contribution in [-0.2, 0) is 6.42 Å². The maximum atomic E-state index is 4.42. The molecule has 1 saturated heterocycles. The summed E-state index contributed by atoms with van der Waals surface area (Å²) in [6, 6.07) is 13.1.